The fraction of sp³-hybridized carbons (Fsp3) is 0.571. The maximum absolute atomic E-state index is 5.40. The first kappa shape index (κ1) is 8.63. The summed E-state index contributed by atoms with van der Waals surface area (Å²) in [5, 5.41) is 0. The summed E-state index contributed by atoms with van der Waals surface area (Å²) in [5.74, 6) is 0.667. The average Bonchev–Trinajstić information content (AvgIpc) is 1.84. The Bertz CT molecular complexity index is 120. The van der Waals surface area contributed by atoms with Crippen molar-refractivity contribution >= 4 is 17.2 Å². The van der Waals surface area contributed by atoms with Gasteiger partial charge in [-0.1, -0.05) is 32.1 Å². The Morgan fingerprint density at radius 1 is 1.67 bits per heavy atom. The molecule has 2 heteroatoms. The minimum absolute atomic E-state index is 0.275. The molecule has 0 fully saturated rings. The molecule has 52 valence electrons. The third-order valence-electron chi connectivity index (χ3n) is 1.61. The lowest BCUT2D eigenvalue weighted by molar-refractivity contribution is 0.594. The van der Waals surface area contributed by atoms with Crippen LogP contribution in [0.5, 0.6) is 0 Å². The van der Waals surface area contributed by atoms with Gasteiger partial charge in [-0.3, -0.25) is 0 Å². The minimum atomic E-state index is 0.275. The molecule has 0 saturated carbocycles. The van der Waals surface area contributed by atoms with Crippen LogP contribution in [0.4, 0.5) is 0 Å². The summed E-state index contributed by atoms with van der Waals surface area (Å²) in [6.45, 7) is 7.71. The van der Waals surface area contributed by atoms with Gasteiger partial charge in [0.15, 0.2) is 0 Å². The molecule has 1 nitrogen and oxygen atoms in total. The van der Waals surface area contributed by atoms with Crippen LogP contribution in [0.15, 0.2) is 12.7 Å². The highest BCUT2D eigenvalue weighted by Gasteiger charge is 2.09. The monoisotopic (exact) mass is 143 g/mol. The highest BCUT2D eigenvalue weighted by Crippen LogP contribution is 2.10. The molecule has 0 aliphatic rings. The van der Waals surface area contributed by atoms with Crippen LogP contribution in [0.2, 0.25) is 0 Å². The van der Waals surface area contributed by atoms with Crippen LogP contribution in [0, 0.1) is 11.8 Å². The first-order chi connectivity index (χ1) is 4.09. The first-order valence-corrected chi connectivity index (χ1v) is 3.42. The van der Waals surface area contributed by atoms with E-state index in [9.17, 15) is 0 Å². The van der Waals surface area contributed by atoms with Crippen molar-refractivity contribution in [3.05, 3.63) is 12.7 Å². The Balaban J connectivity index is 3.86. The summed E-state index contributed by atoms with van der Waals surface area (Å²) in [5.41, 5.74) is 5.40. The minimum Gasteiger partial charge on any atom is -0.393 e. The smallest absolute Gasteiger partial charge is 0.0761 e. The Morgan fingerprint density at radius 2 is 2.11 bits per heavy atom. The van der Waals surface area contributed by atoms with Crippen molar-refractivity contribution < 1.29 is 0 Å². The lowest BCUT2D eigenvalue weighted by Crippen LogP contribution is -2.22. The molecule has 9 heavy (non-hydrogen) atoms. The van der Waals surface area contributed by atoms with Gasteiger partial charge < -0.3 is 5.73 Å². The van der Waals surface area contributed by atoms with Crippen LogP contribution in [0.1, 0.15) is 13.8 Å². The number of hydrogen-bond acceptors (Lipinski definition) is 1. The van der Waals surface area contributed by atoms with Crippen molar-refractivity contribution in [1.82, 2.24) is 0 Å². The molecule has 0 saturated heterocycles. The van der Waals surface area contributed by atoms with Gasteiger partial charge in [0, 0.05) is 5.92 Å². The van der Waals surface area contributed by atoms with Crippen LogP contribution < -0.4 is 5.73 Å². The summed E-state index contributed by atoms with van der Waals surface area (Å²) in [6, 6.07) is 0. The molecule has 0 aliphatic carbocycles. The van der Waals surface area contributed by atoms with Crippen LogP contribution >= 0.6 is 12.2 Å². The van der Waals surface area contributed by atoms with Gasteiger partial charge in [-0.25, -0.2) is 0 Å². The molecular weight excluding hydrogens is 130 g/mol. The van der Waals surface area contributed by atoms with Crippen molar-refractivity contribution in [3.8, 4) is 0 Å². The second-order valence-corrected chi connectivity index (χ2v) is 2.76. The second-order valence-electron chi connectivity index (χ2n) is 2.29. The zero-order valence-corrected chi connectivity index (χ0v) is 6.74. The van der Waals surface area contributed by atoms with E-state index in [4.69, 9.17) is 18.0 Å². The largest absolute Gasteiger partial charge is 0.393 e. The van der Waals surface area contributed by atoms with Gasteiger partial charge >= 0.3 is 0 Å². The Hall–Kier alpha value is -0.370. The third-order valence-corrected chi connectivity index (χ3v) is 1.98. The molecule has 0 aromatic heterocycles. The highest BCUT2D eigenvalue weighted by molar-refractivity contribution is 7.80. The molecule has 0 spiro atoms. The topological polar surface area (TPSA) is 26.0 Å². The molecule has 0 heterocycles. The second kappa shape index (κ2) is 3.62. The van der Waals surface area contributed by atoms with E-state index in [1.54, 1.807) is 0 Å². The molecule has 0 bridgehead atoms. The summed E-state index contributed by atoms with van der Waals surface area (Å²) in [4.78, 5) is 0.572. The van der Waals surface area contributed by atoms with Gasteiger partial charge in [-0.05, 0) is 5.92 Å². The van der Waals surface area contributed by atoms with Crippen LogP contribution in [-0.4, -0.2) is 4.99 Å². The third kappa shape index (κ3) is 2.61. The van der Waals surface area contributed by atoms with E-state index in [1.165, 1.54) is 0 Å². The van der Waals surface area contributed by atoms with Gasteiger partial charge in [0.2, 0.25) is 0 Å². The molecule has 0 aromatic rings. The van der Waals surface area contributed by atoms with E-state index in [0.29, 0.717) is 10.9 Å². The fourth-order valence-corrected chi connectivity index (χ4v) is 0.678. The van der Waals surface area contributed by atoms with Gasteiger partial charge in [0.1, 0.15) is 0 Å². The Labute approximate surface area is 61.9 Å². The zero-order chi connectivity index (χ0) is 7.44. The highest BCUT2D eigenvalue weighted by atomic mass is 32.1. The van der Waals surface area contributed by atoms with E-state index in [-0.39, 0.29) is 5.92 Å². The van der Waals surface area contributed by atoms with E-state index in [1.807, 2.05) is 13.0 Å². The number of allylic oxidation sites excluding steroid dienone is 1. The van der Waals surface area contributed by atoms with Crippen molar-refractivity contribution in [2.45, 2.75) is 13.8 Å². The van der Waals surface area contributed by atoms with Crippen molar-refractivity contribution in [3.63, 3.8) is 0 Å². The molecular formula is C7H13NS. The maximum Gasteiger partial charge on any atom is 0.0761 e. The average molecular weight is 143 g/mol. The van der Waals surface area contributed by atoms with E-state index >= 15 is 0 Å². The van der Waals surface area contributed by atoms with E-state index in [2.05, 4.69) is 13.5 Å². The van der Waals surface area contributed by atoms with Crippen LogP contribution in [0.25, 0.3) is 0 Å². The molecule has 0 rings (SSSR count). The first-order valence-electron chi connectivity index (χ1n) is 3.01. The molecule has 0 amide bonds. The quantitative estimate of drug-likeness (QED) is 0.481. The van der Waals surface area contributed by atoms with Crippen molar-refractivity contribution in [2.75, 3.05) is 0 Å². The molecule has 0 radical (unpaired) electrons. The van der Waals surface area contributed by atoms with E-state index in [0.717, 1.165) is 0 Å². The lowest BCUT2D eigenvalue weighted by Gasteiger charge is -2.13. The normalized spacial score (nSPS) is 16.2. The van der Waals surface area contributed by atoms with Gasteiger partial charge in [-0.2, -0.15) is 0 Å². The van der Waals surface area contributed by atoms with Gasteiger partial charge in [0.05, 0.1) is 4.99 Å². The molecule has 2 atom stereocenters. The van der Waals surface area contributed by atoms with Crippen LogP contribution in [0.3, 0.4) is 0 Å². The Morgan fingerprint density at radius 3 is 2.22 bits per heavy atom. The summed E-state index contributed by atoms with van der Waals surface area (Å²) in [7, 11) is 0. The molecule has 2 N–H and O–H groups in total. The number of nitrogens with two attached hydrogens (primary N) is 1. The predicted octanol–water partition coefficient (Wildman–Crippen LogP) is 1.73. The number of rotatable bonds is 3. The SMILES string of the molecule is C=C[C@@H](C)[C@H](C)C(N)=S. The maximum atomic E-state index is 5.40. The Kier molecular flexibility index (Phi) is 3.47. The van der Waals surface area contributed by atoms with Crippen molar-refractivity contribution in [2.24, 2.45) is 17.6 Å². The predicted molar refractivity (Wildman–Crippen MR) is 45.3 cm³/mol. The van der Waals surface area contributed by atoms with E-state index < -0.39 is 0 Å². The number of thiocarbonyl (C=S) groups is 1. The standard InChI is InChI=1S/C7H13NS/c1-4-5(2)6(3)7(8)9/h4-6H,1H2,2-3H3,(H2,8,9)/t5-,6+/m1/s1. The van der Waals surface area contributed by atoms with Gasteiger partial charge in [-0.15, -0.1) is 6.58 Å². The summed E-state index contributed by atoms with van der Waals surface area (Å²) in [6.07, 6.45) is 1.86. The van der Waals surface area contributed by atoms with Gasteiger partial charge in [0.25, 0.3) is 0 Å². The zero-order valence-electron chi connectivity index (χ0n) is 5.92. The number of hydrogen-bond donors (Lipinski definition) is 1. The molecule has 0 aliphatic heterocycles. The molecule has 0 aromatic carbocycles. The fourth-order valence-electron chi connectivity index (χ4n) is 0.463. The van der Waals surface area contributed by atoms with Crippen LogP contribution in [-0.2, 0) is 0 Å². The summed E-state index contributed by atoms with van der Waals surface area (Å²) < 4.78 is 0. The lowest BCUT2D eigenvalue weighted by atomic mass is 9.96. The summed E-state index contributed by atoms with van der Waals surface area (Å²) >= 11 is 4.79. The molecule has 0 unspecified atom stereocenters. The van der Waals surface area contributed by atoms with Crippen molar-refractivity contribution in [1.29, 1.82) is 0 Å².